The molecule has 2 saturated heterocycles. The minimum Gasteiger partial charge on any atom is -0.481 e. The number of piperidine rings is 1. The van der Waals surface area contributed by atoms with Crippen molar-refractivity contribution in [2.75, 3.05) is 19.6 Å². The molecule has 3 aliphatic heterocycles. The number of nitrogens with zero attached hydrogens (tertiary/aromatic N) is 4. The molecule has 0 aliphatic carbocycles. The zero-order chi connectivity index (χ0) is 18.7. The van der Waals surface area contributed by atoms with Crippen molar-refractivity contribution in [3.63, 3.8) is 0 Å². The Balaban J connectivity index is 1.42. The van der Waals surface area contributed by atoms with E-state index in [9.17, 15) is 14.4 Å². The second-order valence-corrected chi connectivity index (χ2v) is 7.28. The number of carboxylic acids is 1. The summed E-state index contributed by atoms with van der Waals surface area (Å²) in [6.45, 7) is 1.47. The Labute approximate surface area is 152 Å². The van der Waals surface area contributed by atoms with Crippen LogP contribution in [-0.2, 0) is 14.4 Å². The van der Waals surface area contributed by atoms with Crippen LogP contribution in [0.25, 0.3) is 0 Å². The van der Waals surface area contributed by atoms with Crippen molar-refractivity contribution < 1.29 is 19.5 Å². The highest BCUT2D eigenvalue weighted by Gasteiger charge is 2.41. The summed E-state index contributed by atoms with van der Waals surface area (Å²) in [5.41, 5.74) is -0.436. The van der Waals surface area contributed by atoms with E-state index >= 15 is 0 Å². The lowest BCUT2D eigenvalue weighted by atomic mass is 10.00. The fourth-order valence-corrected chi connectivity index (χ4v) is 3.81. The van der Waals surface area contributed by atoms with Gasteiger partial charge in [0.15, 0.2) is 5.66 Å². The van der Waals surface area contributed by atoms with Gasteiger partial charge >= 0.3 is 5.97 Å². The van der Waals surface area contributed by atoms with E-state index in [1.54, 1.807) is 4.90 Å². The summed E-state index contributed by atoms with van der Waals surface area (Å²) in [4.78, 5) is 39.1. The van der Waals surface area contributed by atoms with Gasteiger partial charge in [0.1, 0.15) is 0 Å². The molecule has 2 fully saturated rings. The van der Waals surface area contributed by atoms with E-state index in [4.69, 9.17) is 11.5 Å². The summed E-state index contributed by atoms with van der Waals surface area (Å²) in [6, 6.07) is 0.0336. The van der Waals surface area contributed by atoms with Gasteiger partial charge in [0.25, 0.3) is 0 Å². The maximum absolute atomic E-state index is 12.4. The van der Waals surface area contributed by atoms with E-state index in [1.165, 1.54) is 0 Å². The average Bonchev–Trinajstić information content (AvgIpc) is 3.31. The lowest BCUT2D eigenvalue weighted by Crippen LogP contribution is -2.47. The summed E-state index contributed by atoms with van der Waals surface area (Å²) >= 11 is 0. The molecule has 0 aromatic heterocycles. The Morgan fingerprint density at radius 2 is 1.96 bits per heavy atom. The summed E-state index contributed by atoms with van der Waals surface area (Å²) in [5, 5.41) is 17.2. The number of amides is 2. The molecule has 1 N–H and O–H groups in total. The third kappa shape index (κ3) is 4.03. The second-order valence-electron chi connectivity index (χ2n) is 7.28. The van der Waals surface area contributed by atoms with Crippen molar-refractivity contribution in [2.24, 2.45) is 16.1 Å². The Kier molecular flexibility index (Phi) is 5.25. The molecule has 8 nitrogen and oxygen atoms in total. The molecule has 3 rings (SSSR count). The van der Waals surface area contributed by atoms with E-state index in [1.807, 2.05) is 4.90 Å². The van der Waals surface area contributed by atoms with Crippen LogP contribution in [-0.4, -0.2) is 64.0 Å². The second kappa shape index (κ2) is 7.44. The number of likely N-dealkylation sites (tertiary alicyclic amines) is 2. The molecule has 1 atom stereocenters. The maximum atomic E-state index is 12.4. The molecule has 140 valence electrons. The summed E-state index contributed by atoms with van der Waals surface area (Å²) in [6.07, 6.45) is 9.03. The Morgan fingerprint density at radius 1 is 1.27 bits per heavy atom. The van der Waals surface area contributed by atoms with Crippen LogP contribution in [0.3, 0.4) is 0 Å². The van der Waals surface area contributed by atoms with Crippen molar-refractivity contribution in [3.05, 3.63) is 0 Å². The molecular weight excluding hydrogens is 336 g/mol. The third-order valence-corrected chi connectivity index (χ3v) is 5.56. The molecule has 8 heteroatoms. The van der Waals surface area contributed by atoms with Gasteiger partial charge in [-0.3, -0.25) is 14.4 Å². The van der Waals surface area contributed by atoms with Gasteiger partial charge < -0.3 is 14.9 Å². The van der Waals surface area contributed by atoms with Crippen molar-refractivity contribution in [1.82, 2.24) is 9.80 Å². The SMILES string of the molecule is C#CCCC1(CCC(=O)N2CCC(N3CC(C(=O)O)CC3=O)CC2)N=N1. The zero-order valence-electron chi connectivity index (χ0n) is 14.8. The van der Waals surface area contributed by atoms with E-state index < -0.39 is 17.6 Å². The molecule has 0 bridgehead atoms. The van der Waals surface area contributed by atoms with Crippen LogP contribution in [0.1, 0.15) is 44.9 Å². The average molecular weight is 360 g/mol. The zero-order valence-corrected chi connectivity index (χ0v) is 14.8. The van der Waals surface area contributed by atoms with Crippen LogP contribution in [0, 0.1) is 18.3 Å². The van der Waals surface area contributed by atoms with Gasteiger partial charge in [-0.15, -0.1) is 12.3 Å². The number of carbonyl (C=O) groups is 3. The van der Waals surface area contributed by atoms with Crippen molar-refractivity contribution in [2.45, 2.75) is 56.7 Å². The van der Waals surface area contributed by atoms with Gasteiger partial charge in [0, 0.05) is 57.8 Å². The fourth-order valence-electron chi connectivity index (χ4n) is 3.81. The van der Waals surface area contributed by atoms with Crippen molar-refractivity contribution in [1.29, 1.82) is 0 Å². The lowest BCUT2D eigenvalue weighted by Gasteiger charge is -2.37. The highest BCUT2D eigenvalue weighted by atomic mass is 16.4. The molecule has 0 saturated carbocycles. The lowest BCUT2D eigenvalue weighted by molar-refractivity contribution is -0.141. The van der Waals surface area contributed by atoms with Crippen LogP contribution in [0.2, 0.25) is 0 Å². The van der Waals surface area contributed by atoms with Crippen LogP contribution < -0.4 is 0 Å². The number of rotatable bonds is 7. The third-order valence-electron chi connectivity index (χ3n) is 5.56. The predicted molar refractivity (Wildman–Crippen MR) is 91.9 cm³/mol. The van der Waals surface area contributed by atoms with Crippen LogP contribution in [0.5, 0.6) is 0 Å². The van der Waals surface area contributed by atoms with Crippen molar-refractivity contribution >= 4 is 17.8 Å². The minimum absolute atomic E-state index is 0.0336. The van der Waals surface area contributed by atoms with Crippen LogP contribution in [0.15, 0.2) is 10.2 Å². The number of hydrogen-bond donors (Lipinski definition) is 1. The number of terminal acetylenes is 1. The number of carboxylic acid groups (broad SMARTS) is 1. The first kappa shape index (κ1) is 18.4. The van der Waals surface area contributed by atoms with Gasteiger partial charge in [-0.05, 0) is 12.8 Å². The molecule has 0 spiro atoms. The Morgan fingerprint density at radius 3 is 2.50 bits per heavy atom. The predicted octanol–water partition coefficient (Wildman–Crippen LogP) is 1.27. The summed E-state index contributed by atoms with van der Waals surface area (Å²) < 4.78 is 0. The van der Waals surface area contributed by atoms with Crippen molar-refractivity contribution in [3.8, 4) is 12.3 Å². The number of aliphatic carboxylic acids is 1. The van der Waals surface area contributed by atoms with Gasteiger partial charge in [-0.2, -0.15) is 10.2 Å². The topological polar surface area (TPSA) is 103 Å². The molecule has 0 radical (unpaired) electrons. The molecular formula is C18H24N4O4. The van der Waals surface area contributed by atoms with Crippen LogP contribution >= 0.6 is 0 Å². The van der Waals surface area contributed by atoms with E-state index in [2.05, 4.69) is 16.1 Å². The first-order valence-corrected chi connectivity index (χ1v) is 9.12. The Bertz CT molecular complexity index is 655. The van der Waals surface area contributed by atoms with E-state index in [0.717, 1.165) is 0 Å². The quantitative estimate of drug-likeness (QED) is 0.691. The molecule has 3 heterocycles. The molecule has 0 aromatic carbocycles. The smallest absolute Gasteiger partial charge is 0.308 e. The van der Waals surface area contributed by atoms with Gasteiger partial charge in [-0.25, -0.2) is 0 Å². The highest BCUT2D eigenvalue weighted by molar-refractivity contribution is 5.86. The highest BCUT2D eigenvalue weighted by Crippen LogP contribution is 2.38. The molecule has 1 unspecified atom stereocenters. The fraction of sp³-hybridized carbons (Fsp3) is 0.722. The Hall–Kier alpha value is -2.43. The van der Waals surface area contributed by atoms with Gasteiger partial charge in [-0.1, -0.05) is 0 Å². The normalized spacial score (nSPS) is 24.6. The van der Waals surface area contributed by atoms with Gasteiger partial charge in [0.2, 0.25) is 11.8 Å². The molecule has 3 aliphatic rings. The summed E-state index contributed by atoms with van der Waals surface area (Å²) in [7, 11) is 0. The van der Waals surface area contributed by atoms with E-state index in [-0.39, 0.29) is 30.8 Å². The molecule has 2 amide bonds. The number of hydrogen-bond acceptors (Lipinski definition) is 5. The first-order chi connectivity index (χ1) is 12.4. The minimum atomic E-state index is -0.914. The molecule has 26 heavy (non-hydrogen) atoms. The first-order valence-electron chi connectivity index (χ1n) is 9.12. The standard InChI is InChI=1S/C18H24N4O4/c1-2-3-7-18(19-20-18)8-4-15(23)21-9-5-14(6-10-21)22-12-13(17(25)26)11-16(22)24/h1,13-14H,3-12H2,(H,25,26). The van der Waals surface area contributed by atoms with Crippen LogP contribution in [0.4, 0.5) is 0 Å². The largest absolute Gasteiger partial charge is 0.481 e. The monoisotopic (exact) mass is 360 g/mol. The van der Waals surface area contributed by atoms with Gasteiger partial charge in [0.05, 0.1) is 5.92 Å². The maximum Gasteiger partial charge on any atom is 0.308 e. The van der Waals surface area contributed by atoms with E-state index in [0.29, 0.717) is 51.6 Å². The number of carbonyl (C=O) groups excluding carboxylic acids is 2. The summed E-state index contributed by atoms with van der Waals surface area (Å²) in [5.74, 6) is 1.05. The molecule has 0 aromatic rings.